The second kappa shape index (κ2) is 7.01. The van der Waals surface area contributed by atoms with Crippen LogP contribution in [0.25, 0.3) is 10.9 Å². The number of rotatable bonds is 4. The van der Waals surface area contributed by atoms with Crippen molar-refractivity contribution in [2.24, 2.45) is 0 Å². The first-order valence-corrected chi connectivity index (χ1v) is 11.5. The number of H-pyrrole nitrogens is 1. The lowest BCUT2D eigenvalue weighted by molar-refractivity contribution is 0.159. The Bertz CT molecular complexity index is 1250. The number of fused-ring (bicyclic) bond motifs is 6. The van der Waals surface area contributed by atoms with Crippen molar-refractivity contribution in [3.05, 3.63) is 52.7 Å². The predicted octanol–water partition coefficient (Wildman–Crippen LogP) is 2.75. The molecule has 1 aromatic heterocycles. The Morgan fingerprint density at radius 2 is 2.00 bits per heavy atom. The van der Waals surface area contributed by atoms with Crippen molar-refractivity contribution in [3.8, 4) is 11.5 Å². The molecule has 0 fully saturated rings. The molecule has 0 radical (unpaired) electrons. The first-order chi connectivity index (χ1) is 14.4. The summed E-state index contributed by atoms with van der Waals surface area (Å²) in [4.78, 5) is 6.24. The third-order valence-electron chi connectivity index (χ3n) is 6.41. The van der Waals surface area contributed by atoms with Gasteiger partial charge in [-0.05, 0) is 66.9 Å². The number of hydrogen-bond donors (Lipinski definition) is 2. The van der Waals surface area contributed by atoms with Gasteiger partial charge in [0.1, 0.15) is 16.4 Å². The molecule has 30 heavy (non-hydrogen) atoms. The van der Waals surface area contributed by atoms with Gasteiger partial charge in [0.15, 0.2) is 0 Å². The maximum atomic E-state index is 12.5. The predicted molar refractivity (Wildman–Crippen MR) is 115 cm³/mol. The molecule has 3 heterocycles. The summed E-state index contributed by atoms with van der Waals surface area (Å²) in [6, 6.07) is 10.0. The molecule has 2 aromatic carbocycles. The zero-order valence-electron chi connectivity index (χ0n) is 17.3. The molecule has 1 atom stereocenters. The molecule has 0 unspecified atom stereocenters. The van der Waals surface area contributed by atoms with Crippen LogP contribution in [0.5, 0.6) is 11.5 Å². The van der Waals surface area contributed by atoms with Crippen LogP contribution < -0.4 is 14.2 Å². The molecular formula is C22H25N3O4S. The molecule has 7 nitrogen and oxygen atoms in total. The van der Waals surface area contributed by atoms with Crippen molar-refractivity contribution in [1.82, 2.24) is 14.6 Å². The largest absolute Gasteiger partial charge is 0.497 e. The van der Waals surface area contributed by atoms with Crippen LogP contribution in [0, 0.1) is 0 Å². The second-order valence-electron chi connectivity index (χ2n) is 7.84. The number of sulfonamides is 1. The second-order valence-corrected chi connectivity index (χ2v) is 9.70. The maximum Gasteiger partial charge on any atom is 0.244 e. The van der Waals surface area contributed by atoms with Gasteiger partial charge < -0.3 is 14.5 Å². The van der Waals surface area contributed by atoms with Crippen LogP contribution in [-0.4, -0.2) is 46.1 Å². The molecule has 0 spiro atoms. The summed E-state index contributed by atoms with van der Waals surface area (Å²) in [5.74, 6) is 1.23. The van der Waals surface area contributed by atoms with E-state index in [-0.39, 0.29) is 10.9 Å². The van der Waals surface area contributed by atoms with E-state index in [0.717, 1.165) is 48.3 Å². The highest BCUT2D eigenvalue weighted by molar-refractivity contribution is 7.89. The molecule has 2 aliphatic heterocycles. The van der Waals surface area contributed by atoms with E-state index in [9.17, 15) is 8.42 Å². The zero-order chi connectivity index (χ0) is 21.0. The highest BCUT2D eigenvalue weighted by Gasteiger charge is 2.35. The molecule has 2 aliphatic rings. The third kappa shape index (κ3) is 2.90. The van der Waals surface area contributed by atoms with Crippen molar-refractivity contribution in [1.29, 1.82) is 0 Å². The molecule has 0 saturated carbocycles. The Morgan fingerprint density at radius 3 is 2.73 bits per heavy atom. The normalized spacial score (nSPS) is 18.6. The van der Waals surface area contributed by atoms with Gasteiger partial charge in [-0.3, -0.25) is 4.90 Å². The van der Waals surface area contributed by atoms with E-state index < -0.39 is 10.0 Å². The first kappa shape index (κ1) is 19.4. The summed E-state index contributed by atoms with van der Waals surface area (Å²) < 4.78 is 38.2. The van der Waals surface area contributed by atoms with Gasteiger partial charge in [-0.1, -0.05) is 0 Å². The molecule has 2 N–H and O–H groups in total. The van der Waals surface area contributed by atoms with Crippen molar-refractivity contribution < 1.29 is 17.9 Å². The number of nitrogens with zero attached hydrogens (tertiary/aromatic N) is 1. The minimum atomic E-state index is -3.59. The number of aromatic nitrogens is 1. The summed E-state index contributed by atoms with van der Waals surface area (Å²) in [5.41, 5.74) is 5.90. The topological polar surface area (TPSA) is 83.7 Å². The van der Waals surface area contributed by atoms with Gasteiger partial charge in [0, 0.05) is 35.7 Å². The standard InChI is InChI=1S/C22H25N3O4S/c1-23-30(26,27)22-8-13-6-7-25-12-19-17(10-20(25)15(13)11-21(22)29-3)16-9-14(28-2)4-5-18(16)24-19/h4-5,8-9,11,20,23-24H,6-7,10,12H2,1-3H3/t20-/m0/s1. The van der Waals surface area contributed by atoms with Gasteiger partial charge >= 0.3 is 0 Å². The van der Waals surface area contributed by atoms with Crippen LogP contribution in [0.2, 0.25) is 0 Å². The fourth-order valence-electron chi connectivity index (χ4n) is 4.84. The average molecular weight is 428 g/mol. The summed E-state index contributed by atoms with van der Waals surface area (Å²) >= 11 is 0. The molecule has 158 valence electrons. The highest BCUT2D eigenvalue weighted by atomic mass is 32.2. The average Bonchev–Trinajstić information content (AvgIpc) is 3.13. The molecule has 0 bridgehead atoms. The number of benzene rings is 2. The summed E-state index contributed by atoms with van der Waals surface area (Å²) in [7, 11) is 1.03. The Balaban J connectivity index is 1.61. The number of hydrogen-bond acceptors (Lipinski definition) is 5. The quantitative estimate of drug-likeness (QED) is 0.669. The van der Waals surface area contributed by atoms with Gasteiger partial charge in [0.05, 0.1) is 14.2 Å². The Hall–Kier alpha value is -2.55. The van der Waals surface area contributed by atoms with Crippen LogP contribution in [-0.2, 0) is 29.4 Å². The van der Waals surface area contributed by atoms with E-state index in [0.29, 0.717) is 5.75 Å². The van der Waals surface area contributed by atoms with Gasteiger partial charge in [0.2, 0.25) is 10.0 Å². The fraction of sp³-hybridized carbons (Fsp3) is 0.364. The van der Waals surface area contributed by atoms with Crippen molar-refractivity contribution in [2.75, 3.05) is 27.8 Å². The summed E-state index contributed by atoms with van der Waals surface area (Å²) in [6.07, 6.45) is 1.67. The van der Waals surface area contributed by atoms with E-state index in [1.807, 2.05) is 12.1 Å². The molecule has 0 amide bonds. The Labute approximate surface area is 176 Å². The number of ether oxygens (including phenoxy) is 2. The maximum absolute atomic E-state index is 12.5. The van der Waals surface area contributed by atoms with E-state index in [1.165, 1.54) is 30.8 Å². The van der Waals surface area contributed by atoms with Gasteiger partial charge in [-0.2, -0.15) is 0 Å². The van der Waals surface area contributed by atoms with Crippen LogP contribution in [0.15, 0.2) is 35.2 Å². The van der Waals surface area contributed by atoms with Crippen LogP contribution in [0.4, 0.5) is 0 Å². The van der Waals surface area contributed by atoms with Crippen molar-refractivity contribution in [2.45, 2.75) is 30.3 Å². The van der Waals surface area contributed by atoms with Crippen LogP contribution in [0.3, 0.4) is 0 Å². The van der Waals surface area contributed by atoms with Crippen molar-refractivity contribution >= 4 is 20.9 Å². The Kier molecular flexibility index (Phi) is 4.53. The molecule has 0 saturated heterocycles. The monoisotopic (exact) mass is 427 g/mol. The first-order valence-electron chi connectivity index (χ1n) is 10.0. The SMILES string of the molecule is CNS(=O)(=O)c1cc2c(cc1OC)[C@@H]1Cc3c([nH]c4ccc(OC)cc34)CN1CC2. The van der Waals surface area contributed by atoms with E-state index in [4.69, 9.17) is 9.47 Å². The lowest BCUT2D eigenvalue weighted by atomic mass is 9.85. The molecule has 3 aromatic rings. The fourth-order valence-corrected chi connectivity index (χ4v) is 5.77. The van der Waals surface area contributed by atoms with Gasteiger partial charge in [-0.15, -0.1) is 0 Å². The molecule has 0 aliphatic carbocycles. The van der Waals surface area contributed by atoms with Gasteiger partial charge in [-0.25, -0.2) is 13.1 Å². The van der Waals surface area contributed by atoms with Crippen LogP contribution in [0.1, 0.15) is 28.4 Å². The molecular weight excluding hydrogens is 402 g/mol. The van der Waals surface area contributed by atoms with E-state index >= 15 is 0 Å². The molecule has 5 rings (SSSR count). The van der Waals surface area contributed by atoms with Crippen LogP contribution >= 0.6 is 0 Å². The minimum Gasteiger partial charge on any atom is -0.497 e. The summed E-state index contributed by atoms with van der Waals surface area (Å²) in [6.45, 7) is 1.73. The van der Waals surface area contributed by atoms with Crippen molar-refractivity contribution in [3.63, 3.8) is 0 Å². The van der Waals surface area contributed by atoms with E-state index in [1.54, 1.807) is 13.2 Å². The Morgan fingerprint density at radius 1 is 1.17 bits per heavy atom. The lowest BCUT2D eigenvalue weighted by Crippen LogP contribution is -2.39. The number of methoxy groups -OCH3 is 2. The number of aromatic amines is 1. The zero-order valence-corrected chi connectivity index (χ0v) is 18.1. The number of nitrogens with one attached hydrogen (secondary N) is 2. The summed E-state index contributed by atoms with van der Waals surface area (Å²) in [5, 5.41) is 1.19. The minimum absolute atomic E-state index is 0.187. The van der Waals surface area contributed by atoms with E-state index in [2.05, 4.69) is 26.7 Å². The smallest absolute Gasteiger partial charge is 0.244 e. The lowest BCUT2D eigenvalue weighted by Gasteiger charge is -2.40. The van der Waals surface area contributed by atoms with Gasteiger partial charge in [0.25, 0.3) is 0 Å². The molecule has 8 heteroatoms. The third-order valence-corrected chi connectivity index (χ3v) is 7.85. The highest BCUT2D eigenvalue weighted by Crippen LogP contribution is 2.43.